The summed E-state index contributed by atoms with van der Waals surface area (Å²) >= 11 is 6.13. The number of anilines is 2. The Morgan fingerprint density at radius 2 is 0.973 bits per heavy atom. The number of benzene rings is 3. The number of nitrogens with one attached hydrogen (secondary N) is 2. The summed E-state index contributed by atoms with van der Waals surface area (Å²) < 4.78 is 0. The molecule has 0 saturated carbocycles. The van der Waals surface area contributed by atoms with Crippen molar-refractivity contribution in [3.8, 4) is 0 Å². The van der Waals surface area contributed by atoms with Crippen LogP contribution in [0, 0.1) is 40.5 Å². The molecule has 2 amide bonds. The van der Waals surface area contributed by atoms with E-state index in [0.29, 0.717) is 12.1 Å². The predicted molar refractivity (Wildman–Crippen MR) is 127 cm³/mol. The smallest absolute Gasteiger partial charge is 0.277 e. The molecule has 0 aliphatic rings. The maximum Gasteiger partial charge on any atom is 0.277 e. The van der Waals surface area contributed by atoms with E-state index in [4.69, 9.17) is 11.6 Å². The number of nitro groups is 4. The van der Waals surface area contributed by atoms with Gasteiger partial charge in [-0.25, -0.2) is 0 Å². The second-order valence-electron chi connectivity index (χ2n) is 7.11. The zero-order valence-electron chi connectivity index (χ0n) is 17.9. The van der Waals surface area contributed by atoms with Gasteiger partial charge in [0, 0.05) is 30.0 Å². The van der Waals surface area contributed by atoms with Gasteiger partial charge in [-0.2, -0.15) is 0 Å². The van der Waals surface area contributed by atoms with Gasteiger partial charge in [-0.3, -0.25) is 50.0 Å². The first-order valence-electron chi connectivity index (χ1n) is 9.65. The van der Waals surface area contributed by atoms with Crippen LogP contribution in [-0.4, -0.2) is 31.5 Å². The Hall–Kier alpha value is -5.51. The molecule has 17 heteroatoms. The van der Waals surface area contributed by atoms with Gasteiger partial charge in [-0.05, 0) is 18.2 Å². The van der Waals surface area contributed by atoms with Crippen molar-refractivity contribution in [1.29, 1.82) is 0 Å². The number of carbonyl (C=O) groups is 2. The molecule has 2 N–H and O–H groups in total. The number of nitrogens with zero attached hydrogens (tertiary/aromatic N) is 4. The number of non-ortho nitro benzene ring substituents is 4. The monoisotopic (exact) mass is 530 g/mol. The van der Waals surface area contributed by atoms with E-state index in [-0.39, 0.29) is 27.5 Å². The zero-order chi connectivity index (χ0) is 27.4. The minimum atomic E-state index is -0.950. The molecule has 0 fully saturated rings. The Balaban J connectivity index is 1.82. The van der Waals surface area contributed by atoms with Crippen molar-refractivity contribution in [3.05, 3.63) is 111 Å². The van der Waals surface area contributed by atoms with Crippen LogP contribution in [0.25, 0.3) is 0 Å². The van der Waals surface area contributed by atoms with Crippen molar-refractivity contribution in [2.45, 2.75) is 0 Å². The van der Waals surface area contributed by atoms with Crippen molar-refractivity contribution in [2.75, 3.05) is 10.6 Å². The van der Waals surface area contributed by atoms with Crippen molar-refractivity contribution >= 4 is 57.5 Å². The lowest BCUT2D eigenvalue weighted by Gasteiger charge is -2.10. The van der Waals surface area contributed by atoms with Gasteiger partial charge >= 0.3 is 0 Å². The molecule has 0 aliphatic heterocycles. The molecule has 0 aromatic heterocycles. The van der Waals surface area contributed by atoms with E-state index in [1.54, 1.807) is 0 Å². The van der Waals surface area contributed by atoms with Crippen LogP contribution in [-0.2, 0) is 0 Å². The van der Waals surface area contributed by atoms with E-state index in [9.17, 15) is 50.0 Å². The number of amides is 2. The molecule has 3 rings (SSSR count). The Bertz CT molecular complexity index is 1440. The van der Waals surface area contributed by atoms with E-state index in [0.717, 1.165) is 24.3 Å². The topological polar surface area (TPSA) is 231 Å². The van der Waals surface area contributed by atoms with Gasteiger partial charge in [0.1, 0.15) is 0 Å². The first kappa shape index (κ1) is 26.1. The van der Waals surface area contributed by atoms with E-state index < -0.39 is 54.3 Å². The average Bonchev–Trinajstić information content (AvgIpc) is 2.84. The highest BCUT2D eigenvalue weighted by atomic mass is 35.5. The summed E-state index contributed by atoms with van der Waals surface area (Å²) in [5, 5.41) is 48.6. The fourth-order valence-electron chi connectivity index (χ4n) is 2.97. The van der Waals surface area contributed by atoms with Gasteiger partial charge < -0.3 is 10.6 Å². The third-order valence-corrected chi connectivity index (χ3v) is 4.96. The highest BCUT2D eigenvalue weighted by Crippen LogP contribution is 2.29. The molecule has 0 aliphatic carbocycles. The Morgan fingerprint density at radius 3 is 1.32 bits per heavy atom. The quantitative estimate of drug-likeness (QED) is 0.306. The molecule has 0 heterocycles. The fraction of sp³-hybridized carbons (Fsp3) is 0. The van der Waals surface area contributed by atoms with E-state index in [2.05, 4.69) is 10.6 Å². The number of hydrogen-bond acceptors (Lipinski definition) is 10. The summed E-state index contributed by atoms with van der Waals surface area (Å²) in [5.74, 6) is -1.88. The van der Waals surface area contributed by atoms with Crippen LogP contribution in [0.15, 0.2) is 54.6 Å². The number of rotatable bonds is 8. The van der Waals surface area contributed by atoms with Crippen molar-refractivity contribution in [1.82, 2.24) is 0 Å². The molecular weight excluding hydrogens is 520 g/mol. The maximum absolute atomic E-state index is 12.5. The molecule has 188 valence electrons. The van der Waals surface area contributed by atoms with E-state index in [1.807, 2.05) is 0 Å². The molecule has 3 aromatic rings. The Morgan fingerprint density at radius 1 is 0.595 bits per heavy atom. The SMILES string of the molecule is O=C(Nc1ccc(NC(=O)c2cc([N+](=O)[O-])cc([N+](=O)[O-])c2)c(Cl)c1)c1cc([N+](=O)[O-])cc([N+](=O)[O-])c1. The predicted octanol–water partition coefficient (Wildman–Crippen LogP) is 4.48. The highest BCUT2D eigenvalue weighted by Gasteiger charge is 2.22. The number of nitro benzene ring substituents is 4. The summed E-state index contributed by atoms with van der Waals surface area (Å²) in [6, 6.07) is 8.42. The molecule has 0 bridgehead atoms. The zero-order valence-corrected chi connectivity index (χ0v) is 18.7. The number of hydrogen-bond donors (Lipinski definition) is 2. The minimum Gasteiger partial charge on any atom is -0.322 e. The minimum absolute atomic E-state index is 0.0233. The molecule has 3 aromatic carbocycles. The van der Waals surface area contributed by atoms with Crippen molar-refractivity contribution < 1.29 is 29.3 Å². The van der Waals surface area contributed by atoms with Gasteiger partial charge in [-0.15, -0.1) is 0 Å². The van der Waals surface area contributed by atoms with Gasteiger partial charge in [-0.1, -0.05) is 11.6 Å². The largest absolute Gasteiger partial charge is 0.322 e. The van der Waals surface area contributed by atoms with Crippen LogP contribution in [0.4, 0.5) is 34.1 Å². The lowest BCUT2D eigenvalue weighted by atomic mass is 10.1. The van der Waals surface area contributed by atoms with Crippen LogP contribution >= 0.6 is 11.6 Å². The summed E-state index contributed by atoms with van der Waals surface area (Å²) in [6.07, 6.45) is 0. The Labute approximate surface area is 209 Å². The summed E-state index contributed by atoms with van der Waals surface area (Å²) in [6.45, 7) is 0. The van der Waals surface area contributed by atoms with Crippen LogP contribution in [0.3, 0.4) is 0 Å². The van der Waals surface area contributed by atoms with Gasteiger partial charge in [0.15, 0.2) is 0 Å². The standard InChI is InChI=1S/C20H11ClN6O10/c21-17-7-12(22-19(28)10-3-13(24(30)31)8-14(4-10)25(32)33)1-2-18(17)23-20(29)11-5-15(26(34)35)9-16(6-11)27(36)37/h1-9H,(H,22,28)(H,23,29). The van der Waals surface area contributed by atoms with E-state index >= 15 is 0 Å². The van der Waals surface area contributed by atoms with Crippen LogP contribution in [0.1, 0.15) is 20.7 Å². The first-order chi connectivity index (χ1) is 17.3. The lowest BCUT2D eigenvalue weighted by molar-refractivity contribution is -0.394. The highest BCUT2D eigenvalue weighted by molar-refractivity contribution is 6.34. The molecule has 16 nitrogen and oxygen atoms in total. The third-order valence-electron chi connectivity index (χ3n) is 4.65. The average molecular weight is 531 g/mol. The molecule has 37 heavy (non-hydrogen) atoms. The summed E-state index contributed by atoms with van der Waals surface area (Å²) in [4.78, 5) is 65.6. The normalized spacial score (nSPS) is 10.3. The molecule has 0 saturated heterocycles. The van der Waals surface area contributed by atoms with Crippen molar-refractivity contribution in [3.63, 3.8) is 0 Å². The summed E-state index contributed by atoms with van der Waals surface area (Å²) in [7, 11) is 0. The van der Waals surface area contributed by atoms with Crippen molar-refractivity contribution in [2.24, 2.45) is 0 Å². The molecule has 0 radical (unpaired) electrons. The molecular formula is C20H11ClN6O10. The maximum atomic E-state index is 12.5. The second-order valence-corrected chi connectivity index (χ2v) is 7.51. The third kappa shape index (κ3) is 6.14. The molecule has 0 atom stereocenters. The molecule has 0 unspecified atom stereocenters. The lowest BCUT2D eigenvalue weighted by Crippen LogP contribution is -2.14. The van der Waals surface area contributed by atoms with Gasteiger partial charge in [0.05, 0.1) is 53.7 Å². The first-order valence-corrected chi connectivity index (χ1v) is 10.0. The van der Waals surface area contributed by atoms with Crippen LogP contribution in [0.2, 0.25) is 5.02 Å². The van der Waals surface area contributed by atoms with Crippen LogP contribution < -0.4 is 10.6 Å². The number of carbonyl (C=O) groups excluding carboxylic acids is 2. The second kappa shape index (κ2) is 10.4. The van der Waals surface area contributed by atoms with E-state index in [1.165, 1.54) is 18.2 Å². The molecule has 0 spiro atoms. The van der Waals surface area contributed by atoms with Gasteiger partial charge in [0.25, 0.3) is 34.6 Å². The number of halogens is 1. The van der Waals surface area contributed by atoms with Crippen LogP contribution in [0.5, 0.6) is 0 Å². The fourth-order valence-corrected chi connectivity index (χ4v) is 3.19. The van der Waals surface area contributed by atoms with Gasteiger partial charge in [0.2, 0.25) is 0 Å². The Kier molecular flexibility index (Phi) is 7.34. The summed E-state index contributed by atoms with van der Waals surface area (Å²) in [5.41, 5.74) is -3.43.